The fourth-order valence-corrected chi connectivity index (χ4v) is 3.99. The summed E-state index contributed by atoms with van der Waals surface area (Å²) in [6.45, 7) is 3.89. The second kappa shape index (κ2) is 9.04. The van der Waals surface area contributed by atoms with Gasteiger partial charge in [0.05, 0.1) is 24.0 Å². The summed E-state index contributed by atoms with van der Waals surface area (Å²) in [7, 11) is 0. The first-order valence-electron chi connectivity index (χ1n) is 10.1. The Morgan fingerprint density at radius 3 is 2.53 bits per heavy atom. The van der Waals surface area contributed by atoms with Gasteiger partial charge in [0.2, 0.25) is 5.91 Å². The summed E-state index contributed by atoms with van der Waals surface area (Å²) < 4.78 is 16.2. The number of aromatic nitrogens is 2. The maximum absolute atomic E-state index is 14.4. The molecule has 0 saturated heterocycles. The third-order valence-corrected chi connectivity index (χ3v) is 5.76. The minimum atomic E-state index is -0.435. The Labute approximate surface area is 193 Å². The maximum atomic E-state index is 14.4. The molecule has 3 aromatic carbocycles. The van der Waals surface area contributed by atoms with Crippen molar-refractivity contribution in [2.75, 3.05) is 5.32 Å². The van der Waals surface area contributed by atoms with Crippen LogP contribution in [0, 0.1) is 19.7 Å². The van der Waals surface area contributed by atoms with Crippen LogP contribution in [0.1, 0.15) is 22.4 Å². The molecule has 0 bridgehead atoms. The van der Waals surface area contributed by atoms with Crippen LogP contribution < -0.4 is 10.9 Å². The monoisotopic (exact) mass is 493 g/mol. The van der Waals surface area contributed by atoms with Crippen LogP contribution in [0.25, 0.3) is 10.8 Å². The van der Waals surface area contributed by atoms with Gasteiger partial charge >= 0.3 is 0 Å². The lowest BCUT2D eigenvalue weighted by atomic mass is 10.1. The van der Waals surface area contributed by atoms with Gasteiger partial charge in [0, 0.05) is 21.1 Å². The molecule has 1 amide bonds. The number of nitrogens with one attached hydrogen (secondary N) is 1. The van der Waals surface area contributed by atoms with Crippen molar-refractivity contribution in [1.82, 2.24) is 9.78 Å². The van der Waals surface area contributed by atoms with Crippen LogP contribution in [-0.2, 0) is 17.8 Å². The lowest BCUT2D eigenvalue weighted by Gasteiger charge is -2.13. The zero-order valence-corrected chi connectivity index (χ0v) is 19.2. The molecule has 0 spiro atoms. The van der Waals surface area contributed by atoms with Gasteiger partial charge in [-0.1, -0.05) is 57.9 Å². The summed E-state index contributed by atoms with van der Waals surface area (Å²) in [6.07, 6.45) is -0.0169. The minimum Gasteiger partial charge on any atom is -0.326 e. The van der Waals surface area contributed by atoms with Crippen molar-refractivity contribution in [3.8, 4) is 0 Å². The molecule has 0 unspecified atom stereocenters. The second-order valence-corrected chi connectivity index (χ2v) is 8.65. The molecule has 1 aromatic heterocycles. The molecular formula is C25H21BrFN3O2. The standard InChI is InChI=1S/C25H21BrFN3O2/c1-15-7-10-22(16(2)11-15)28-24(31)13-23-19-5-3-4-6-20(19)25(32)30(29-23)14-17-8-9-18(26)12-21(17)27/h3-12H,13-14H2,1-2H3,(H,28,31). The highest BCUT2D eigenvalue weighted by atomic mass is 79.9. The van der Waals surface area contributed by atoms with Gasteiger partial charge in [0.1, 0.15) is 5.82 Å². The highest BCUT2D eigenvalue weighted by molar-refractivity contribution is 9.10. The number of amides is 1. The average molecular weight is 494 g/mol. The number of carbonyl (C=O) groups excluding carboxylic acids is 1. The molecule has 162 valence electrons. The van der Waals surface area contributed by atoms with Crippen LogP contribution in [0.4, 0.5) is 10.1 Å². The van der Waals surface area contributed by atoms with Crippen LogP contribution in [-0.4, -0.2) is 15.7 Å². The zero-order chi connectivity index (χ0) is 22.8. The lowest BCUT2D eigenvalue weighted by molar-refractivity contribution is -0.115. The molecule has 1 N–H and O–H groups in total. The van der Waals surface area contributed by atoms with E-state index in [9.17, 15) is 14.0 Å². The molecule has 7 heteroatoms. The highest BCUT2D eigenvalue weighted by Gasteiger charge is 2.15. The van der Waals surface area contributed by atoms with E-state index in [-0.39, 0.29) is 24.4 Å². The van der Waals surface area contributed by atoms with E-state index < -0.39 is 5.82 Å². The van der Waals surface area contributed by atoms with Crippen LogP contribution in [0.15, 0.2) is 69.9 Å². The molecule has 4 aromatic rings. The third-order valence-electron chi connectivity index (χ3n) is 5.26. The largest absolute Gasteiger partial charge is 0.326 e. The van der Waals surface area contributed by atoms with Crippen LogP contribution in [0.5, 0.6) is 0 Å². The van der Waals surface area contributed by atoms with E-state index in [0.717, 1.165) is 16.8 Å². The van der Waals surface area contributed by atoms with E-state index in [1.54, 1.807) is 36.4 Å². The quantitative estimate of drug-likeness (QED) is 0.418. The Balaban J connectivity index is 1.69. The Bertz CT molecular complexity index is 1400. The van der Waals surface area contributed by atoms with E-state index in [2.05, 4.69) is 26.3 Å². The topological polar surface area (TPSA) is 64.0 Å². The maximum Gasteiger partial charge on any atom is 0.274 e. The zero-order valence-electron chi connectivity index (χ0n) is 17.7. The SMILES string of the molecule is Cc1ccc(NC(=O)Cc2nn(Cc3ccc(Br)cc3F)c(=O)c3ccccc23)c(C)c1. The van der Waals surface area contributed by atoms with Gasteiger partial charge < -0.3 is 5.32 Å². The van der Waals surface area contributed by atoms with Crippen molar-refractivity contribution in [1.29, 1.82) is 0 Å². The molecule has 0 atom stereocenters. The number of halogens is 2. The molecule has 0 radical (unpaired) electrons. The molecule has 32 heavy (non-hydrogen) atoms. The Kier molecular flexibility index (Phi) is 6.19. The van der Waals surface area contributed by atoms with Crippen LogP contribution in [0.3, 0.4) is 0 Å². The van der Waals surface area contributed by atoms with E-state index in [1.165, 1.54) is 10.7 Å². The summed E-state index contributed by atoms with van der Waals surface area (Å²) in [5.74, 6) is -0.676. The number of rotatable bonds is 5. The summed E-state index contributed by atoms with van der Waals surface area (Å²) in [5, 5.41) is 8.41. The number of benzene rings is 3. The number of fused-ring (bicyclic) bond motifs is 1. The van der Waals surface area contributed by atoms with Crippen molar-refractivity contribution < 1.29 is 9.18 Å². The first-order valence-corrected chi connectivity index (χ1v) is 10.9. The van der Waals surface area contributed by atoms with E-state index in [4.69, 9.17) is 0 Å². The third kappa shape index (κ3) is 4.62. The first kappa shape index (κ1) is 21.9. The van der Waals surface area contributed by atoms with Crippen LogP contribution in [0.2, 0.25) is 0 Å². The molecule has 0 fully saturated rings. The van der Waals surface area contributed by atoms with Crippen LogP contribution >= 0.6 is 15.9 Å². The molecule has 4 rings (SSSR count). The van der Waals surface area contributed by atoms with Gasteiger partial charge in [-0.25, -0.2) is 9.07 Å². The predicted molar refractivity (Wildman–Crippen MR) is 127 cm³/mol. The van der Waals surface area contributed by atoms with Gasteiger partial charge in [0.25, 0.3) is 5.56 Å². The van der Waals surface area contributed by atoms with E-state index in [1.807, 2.05) is 32.0 Å². The van der Waals surface area contributed by atoms with Crippen molar-refractivity contribution >= 4 is 38.3 Å². The summed E-state index contributed by atoms with van der Waals surface area (Å²) in [5.41, 5.74) is 3.27. The fraction of sp³-hybridized carbons (Fsp3) is 0.160. The molecule has 0 aliphatic heterocycles. The van der Waals surface area contributed by atoms with Crippen molar-refractivity contribution in [3.63, 3.8) is 0 Å². The van der Waals surface area contributed by atoms with Gasteiger partial charge in [0.15, 0.2) is 0 Å². The van der Waals surface area contributed by atoms with Gasteiger partial charge in [-0.3, -0.25) is 9.59 Å². The van der Waals surface area contributed by atoms with Gasteiger partial charge in [-0.05, 0) is 43.7 Å². The Morgan fingerprint density at radius 1 is 1.06 bits per heavy atom. The Hall–Kier alpha value is -3.32. The first-order chi connectivity index (χ1) is 15.3. The minimum absolute atomic E-state index is 0.0169. The number of aryl methyl sites for hydroxylation is 2. The number of hydrogen-bond donors (Lipinski definition) is 1. The highest BCUT2D eigenvalue weighted by Crippen LogP contribution is 2.19. The molecular weight excluding hydrogens is 473 g/mol. The lowest BCUT2D eigenvalue weighted by Crippen LogP contribution is -2.27. The van der Waals surface area contributed by atoms with Crippen molar-refractivity contribution in [3.05, 3.63) is 104 Å². The average Bonchev–Trinajstić information content (AvgIpc) is 2.75. The smallest absolute Gasteiger partial charge is 0.274 e. The van der Waals surface area contributed by atoms with E-state index >= 15 is 0 Å². The molecule has 0 saturated carbocycles. The molecule has 0 aliphatic rings. The summed E-state index contributed by atoms with van der Waals surface area (Å²) in [6, 6.07) is 17.5. The van der Waals surface area contributed by atoms with E-state index in [0.29, 0.717) is 26.5 Å². The predicted octanol–water partition coefficient (Wildman–Crippen LogP) is 5.14. The number of nitrogens with zero attached hydrogens (tertiary/aromatic N) is 2. The van der Waals surface area contributed by atoms with Crippen molar-refractivity contribution in [2.24, 2.45) is 0 Å². The summed E-state index contributed by atoms with van der Waals surface area (Å²) >= 11 is 3.23. The normalized spacial score (nSPS) is 11.0. The molecule has 5 nitrogen and oxygen atoms in total. The number of anilines is 1. The Morgan fingerprint density at radius 2 is 1.81 bits per heavy atom. The van der Waals surface area contributed by atoms with Crippen molar-refractivity contribution in [2.45, 2.75) is 26.8 Å². The molecule has 0 aliphatic carbocycles. The number of carbonyl (C=O) groups is 1. The second-order valence-electron chi connectivity index (χ2n) is 7.73. The van der Waals surface area contributed by atoms with Gasteiger partial charge in [-0.2, -0.15) is 5.10 Å². The molecule has 1 heterocycles. The fourth-order valence-electron chi connectivity index (χ4n) is 3.65. The summed E-state index contributed by atoms with van der Waals surface area (Å²) in [4.78, 5) is 25.8. The van der Waals surface area contributed by atoms with Gasteiger partial charge in [-0.15, -0.1) is 0 Å². The number of hydrogen-bond acceptors (Lipinski definition) is 3.